The van der Waals surface area contributed by atoms with Crippen molar-refractivity contribution in [2.24, 2.45) is 0 Å². The second kappa shape index (κ2) is 7.40. The lowest BCUT2D eigenvalue weighted by Crippen LogP contribution is -2.24. The summed E-state index contributed by atoms with van der Waals surface area (Å²) >= 11 is 2.03. The zero-order valence-electron chi connectivity index (χ0n) is 14.3. The highest BCUT2D eigenvalue weighted by Crippen LogP contribution is 2.40. The molecule has 0 bridgehead atoms. The monoisotopic (exact) mass is 465 g/mol. The van der Waals surface area contributed by atoms with Gasteiger partial charge in [-0.15, -0.1) is 4.73 Å². The van der Waals surface area contributed by atoms with Gasteiger partial charge in [0.1, 0.15) is 0 Å². The van der Waals surface area contributed by atoms with Crippen LogP contribution in [-0.4, -0.2) is 9.94 Å². The molecule has 3 aromatic carbocycles. The summed E-state index contributed by atoms with van der Waals surface area (Å²) in [6, 6.07) is 29.2. The molecule has 4 heteroatoms. The standard InChI is InChI=1S/C23H16INO2/c24-21-19(16-10-4-1-5-11-16)20(17-12-6-2-7-13-17)22(25(27)23(21)26)18-14-8-3-9-15-18/h1-15,27H. The van der Waals surface area contributed by atoms with Crippen LogP contribution in [0.5, 0.6) is 0 Å². The van der Waals surface area contributed by atoms with Crippen molar-refractivity contribution in [2.45, 2.75) is 0 Å². The van der Waals surface area contributed by atoms with Crippen LogP contribution in [0.3, 0.4) is 0 Å². The molecule has 4 rings (SSSR count). The van der Waals surface area contributed by atoms with Gasteiger partial charge >= 0.3 is 0 Å². The van der Waals surface area contributed by atoms with Crippen LogP contribution >= 0.6 is 22.6 Å². The molecule has 0 aliphatic rings. The second-order valence-corrected chi connectivity index (χ2v) is 7.21. The zero-order chi connectivity index (χ0) is 18.8. The first-order chi connectivity index (χ1) is 13.2. The summed E-state index contributed by atoms with van der Waals surface area (Å²) in [7, 11) is 0. The molecule has 0 radical (unpaired) electrons. The minimum Gasteiger partial charge on any atom is -0.425 e. The van der Waals surface area contributed by atoms with E-state index in [2.05, 4.69) is 0 Å². The van der Waals surface area contributed by atoms with Crippen LogP contribution in [0, 0.1) is 3.57 Å². The van der Waals surface area contributed by atoms with Gasteiger partial charge in [0.15, 0.2) is 0 Å². The predicted octanol–water partition coefficient (Wildman–Crippen LogP) is 5.69. The van der Waals surface area contributed by atoms with E-state index in [0.717, 1.165) is 32.5 Å². The van der Waals surface area contributed by atoms with Crippen molar-refractivity contribution < 1.29 is 5.21 Å². The van der Waals surface area contributed by atoms with Gasteiger partial charge in [-0.25, -0.2) is 0 Å². The average molecular weight is 465 g/mol. The molecule has 27 heavy (non-hydrogen) atoms. The number of nitrogens with zero attached hydrogens (tertiary/aromatic N) is 1. The van der Waals surface area contributed by atoms with Gasteiger partial charge in [-0.3, -0.25) is 4.79 Å². The molecule has 0 aliphatic heterocycles. The third-order valence-electron chi connectivity index (χ3n) is 4.47. The number of rotatable bonds is 3. The SMILES string of the molecule is O=c1c(I)c(-c2ccccc2)c(-c2ccccc2)c(-c2ccccc2)n1O. The second-order valence-electron chi connectivity index (χ2n) is 6.13. The summed E-state index contributed by atoms with van der Waals surface area (Å²) in [6.45, 7) is 0. The lowest BCUT2D eigenvalue weighted by atomic mass is 9.91. The first kappa shape index (κ1) is 17.5. The summed E-state index contributed by atoms with van der Waals surface area (Å²) in [4.78, 5) is 12.8. The Morgan fingerprint density at radius 3 is 1.52 bits per heavy atom. The lowest BCUT2D eigenvalue weighted by molar-refractivity contribution is 0.179. The molecule has 3 nitrogen and oxygen atoms in total. The number of halogens is 1. The summed E-state index contributed by atoms with van der Waals surface area (Å²) in [5, 5.41) is 10.7. The van der Waals surface area contributed by atoms with Gasteiger partial charge in [-0.05, 0) is 33.7 Å². The molecule has 0 spiro atoms. The fraction of sp³-hybridized carbons (Fsp3) is 0. The summed E-state index contributed by atoms with van der Waals surface area (Å²) < 4.78 is 1.26. The molecule has 0 saturated heterocycles. The van der Waals surface area contributed by atoms with Crippen molar-refractivity contribution in [3.05, 3.63) is 105 Å². The molecule has 0 amide bonds. The van der Waals surface area contributed by atoms with Gasteiger partial charge in [-0.1, -0.05) is 91.0 Å². The first-order valence-electron chi connectivity index (χ1n) is 8.52. The molecule has 0 fully saturated rings. The fourth-order valence-corrected chi connectivity index (χ4v) is 4.07. The minimum atomic E-state index is -0.423. The van der Waals surface area contributed by atoms with Crippen LogP contribution in [0.1, 0.15) is 0 Å². The molecular weight excluding hydrogens is 449 g/mol. The van der Waals surface area contributed by atoms with Gasteiger partial charge in [-0.2, -0.15) is 0 Å². The number of benzene rings is 3. The molecule has 0 aliphatic carbocycles. The number of pyridine rings is 1. The maximum Gasteiger partial charge on any atom is 0.297 e. The Morgan fingerprint density at radius 1 is 0.630 bits per heavy atom. The highest BCUT2D eigenvalue weighted by Gasteiger charge is 2.23. The highest BCUT2D eigenvalue weighted by atomic mass is 127. The van der Waals surface area contributed by atoms with E-state index in [4.69, 9.17) is 0 Å². The van der Waals surface area contributed by atoms with E-state index >= 15 is 0 Å². The quantitative estimate of drug-likeness (QED) is 0.312. The molecule has 0 atom stereocenters. The molecule has 0 saturated carbocycles. The maximum absolute atomic E-state index is 12.8. The third kappa shape index (κ3) is 3.17. The number of hydrogen-bond donors (Lipinski definition) is 1. The summed E-state index contributed by atoms with van der Waals surface area (Å²) in [6.07, 6.45) is 0. The van der Waals surface area contributed by atoms with Crippen molar-refractivity contribution in [2.75, 3.05) is 0 Å². The molecule has 0 unspecified atom stereocenters. The van der Waals surface area contributed by atoms with E-state index in [1.165, 1.54) is 0 Å². The normalized spacial score (nSPS) is 10.7. The predicted molar refractivity (Wildman–Crippen MR) is 117 cm³/mol. The Labute approximate surface area is 170 Å². The Balaban J connectivity index is 2.20. The van der Waals surface area contributed by atoms with Crippen molar-refractivity contribution >= 4 is 22.6 Å². The number of aromatic nitrogens is 1. The smallest absolute Gasteiger partial charge is 0.297 e. The van der Waals surface area contributed by atoms with E-state index in [1.54, 1.807) is 0 Å². The van der Waals surface area contributed by atoms with Crippen LogP contribution in [0.15, 0.2) is 95.8 Å². The molecule has 1 heterocycles. The van der Waals surface area contributed by atoms with Crippen LogP contribution in [0.25, 0.3) is 33.5 Å². The maximum atomic E-state index is 12.8. The van der Waals surface area contributed by atoms with E-state index in [0.29, 0.717) is 9.26 Å². The van der Waals surface area contributed by atoms with Gasteiger partial charge in [0.05, 0.1) is 9.26 Å². The molecular formula is C23H16INO2. The van der Waals surface area contributed by atoms with E-state index in [-0.39, 0.29) is 0 Å². The van der Waals surface area contributed by atoms with Crippen molar-refractivity contribution in [3.8, 4) is 33.5 Å². The zero-order valence-corrected chi connectivity index (χ0v) is 16.5. The summed E-state index contributed by atoms with van der Waals surface area (Å²) in [5.74, 6) is 0. The van der Waals surface area contributed by atoms with Crippen LogP contribution < -0.4 is 5.56 Å². The van der Waals surface area contributed by atoms with E-state index < -0.39 is 5.56 Å². The average Bonchev–Trinajstić information content (AvgIpc) is 2.73. The highest BCUT2D eigenvalue weighted by molar-refractivity contribution is 14.1. The molecule has 1 aromatic heterocycles. The Bertz CT molecular complexity index is 1070. The minimum absolute atomic E-state index is 0.423. The van der Waals surface area contributed by atoms with Crippen LogP contribution in [0.2, 0.25) is 0 Å². The summed E-state index contributed by atoms with van der Waals surface area (Å²) in [5.41, 5.74) is 4.39. The molecule has 1 N–H and O–H groups in total. The van der Waals surface area contributed by atoms with Crippen LogP contribution in [0.4, 0.5) is 0 Å². The van der Waals surface area contributed by atoms with Crippen LogP contribution in [-0.2, 0) is 0 Å². The van der Waals surface area contributed by atoms with Crippen molar-refractivity contribution in [1.29, 1.82) is 0 Å². The fourth-order valence-electron chi connectivity index (χ4n) is 3.26. The third-order valence-corrected chi connectivity index (χ3v) is 5.47. The number of hydrogen-bond acceptors (Lipinski definition) is 2. The van der Waals surface area contributed by atoms with Gasteiger partial charge in [0, 0.05) is 16.7 Å². The van der Waals surface area contributed by atoms with Gasteiger partial charge < -0.3 is 5.21 Å². The molecule has 4 aromatic rings. The van der Waals surface area contributed by atoms with Crippen molar-refractivity contribution in [1.82, 2.24) is 4.73 Å². The Kier molecular flexibility index (Phi) is 4.81. The lowest BCUT2D eigenvalue weighted by Gasteiger charge is -2.19. The van der Waals surface area contributed by atoms with Gasteiger partial charge in [0.25, 0.3) is 5.56 Å². The topological polar surface area (TPSA) is 42.2 Å². The van der Waals surface area contributed by atoms with E-state index in [9.17, 15) is 10.0 Å². The molecule has 132 valence electrons. The largest absolute Gasteiger partial charge is 0.425 e. The van der Waals surface area contributed by atoms with E-state index in [1.807, 2.05) is 114 Å². The van der Waals surface area contributed by atoms with Crippen molar-refractivity contribution in [3.63, 3.8) is 0 Å². The Morgan fingerprint density at radius 2 is 1.04 bits per heavy atom. The van der Waals surface area contributed by atoms with Gasteiger partial charge in [0.2, 0.25) is 0 Å². The first-order valence-corrected chi connectivity index (χ1v) is 9.60. The Hall–Kier alpha value is -2.86.